The van der Waals surface area contributed by atoms with Crippen molar-refractivity contribution in [3.8, 4) is 0 Å². The zero-order chi connectivity index (χ0) is 13.7. The number of ether oxygens (including phenoxy) is 2. The summed E-state index contributed by atoms with van der Waals surface area (Å²) < 4.78 is 10.2. The van der Waals surface area contributed by atoms with E-state index in [-0.39, 0.29) is 5.97 Å². The number of hydrogen-bond acceptors (Lipinski definition) is 6. The van der Waals surface area contributed by atoms with E-state index in [1.807, 2.05) is 12.4 Å². The van der Waals surface area contributed by atoms with E-state index >= 15 is 0 Å². The Bertz CT molecular complexity index is 416. The Hall–Kier alpha value is -1.14. The second-order valence-corrected chi connectivity index (χ2v) is 5.55. The maximum absolute atomic E-state index is 11.1. The molecule has 1 fully saturated rings. The monoisotopic (exact) mass is 284 g/mol. The van der Waals surface area contributed by atoms with Crippen molar-refractivity contribution >= 4 is 22.4 Å². The fourth-order valence-corrected chi connectivity index (χ4v) is 2.93. The van der Waals surface area contributed by atoms with Gasteiger partial charge in [0, 0.05) is 32.0 Å². The zero-order valence-electron chi connectivity index (χ0n) is 11.4. The predicted molar refractivity (Wildman–Crippen MR) is 74.7 cm³/mol. The highest BCUT2D eigenvalue weighted by Crippen LogP contribution is 2.22. The molecule has 0 spiro atoms. The highest BCUT2D eigenvalue weighted by molar-refractivity contribution is 7.13. The normalized spacial score (nSPS) is 18.5. The number of nitrogens with zero attached hydrogens (tertiary/aromatic N) is 2. The first kappa shape index (κ1) is 14.3. The van der Waals surface area contributed by atoms with Crippen LogP contribution in [0.5, 0.6) is 0 Å². The number of rotatable bonds is 6. The summed E-state index contributed by atoms with van der Waals surface area (Å²) in [5.41, 5.74) is 0.949. The Kier molecular flexibility index (Phi) is 5.15. The SMILES string of the molecule is COC(=O)CCc1csc(N(C)CC2CCCO2)n1. The first-order valence-corrected chi connectivity index (χ1v) is 7.41. The zero-order valence-corrected chi connectivity index (χ0v) is 12.2. The quantitative estimate of drug-likeness (QED) is 0.746. The number of aryl methyl sites for hydroxylation is 1. The van der Waals surface area contributed by atoms with Gasteiger partial charge in [0.25, 0.3) is 0 Å². The summed E-state index contributed by atoms with van der Waals surface area (Å²) in [6.07, 6.45) is 3.63. The molecule has 1 unspecified atom stereocenters. The van der Waals surface area contributed by atoms with Crippen molar-refractivity contribution in [1.82, 2.24) is 4.98 Å². The molecular weight excluding hydrogens is 264 g/mol. The van der Waals surface area contributed by atoms with Crippen LogP contribution < -0.4 is 4.90 Å². The Balaban J connectivity index is 1.83. The maximum Gasteiger partial charge on any atom is 0.305 e. The fourth-order valence-electron chi connectivity index (χ4n) is 2.09. The number of carbonyl (C=O) groups excluding carboxylic acids is 1. The van der Waals surface area contributed by atoms with Crippen LogP contribution in [-0.4, -0.2) is 44.4 Å². The summed E-state index contributed by atoms with van der Waals surface area (Å²) in [5, 5.41) is 2.99. The van der Waals surface area contributed by atoms with E-state index in [0.717, 1.165) is 36.8 Å². The van der Waals surface area contributed by atoms with Gasteiger partial charge in [-0.05, 0) is 12.8 Å². The second kappa shape index (κ2) is 6.86. The summed E-state index contributed by atoms with van der Waals surface area (Å²) in [6.45, 7) is 1.75. The van der Waals surface area contributed by atoms with Gasteiger partial charge in [-0.3, -0.25) is 4.79 Å². The first-order chi connectivity index (χ1) is 9.19. The third-order valence-corrected chi connectivity index (χ3v) is 4.18. The number of esters is 1. The summed E-state index contributed by atoms with van der Waals surface area (Å²) in [4.78, 5) is 17.7. The molecular formula is C13H20N2O3S. The van der Waals surface area contributed by atoms with Crippen LogP contribution in [0.3, 0.4) is 0 Å². The van der Waals surface area contributed by atoms with Crippen LogP contribution in [0.15, 0.2) is 5.38 Å². The molecule has 0 bridgehead atoms. The Morgan fingerprint density at radius 2 is 2.53 bits per heavy atom. The largest absolute Gasteiger partial charge is 0.469 e. The third-order valence-electron chi connectivity index (χ3n) is 3.18. The summed E-state index contributed by atoms with van der Waals surface area (Å²) in [6, 6.07) is 0. The Morgan fingerprint density at radius 1 is 1.68 bits per heavy atom. The van der Waals surface area contributed by atoms with E-state index < -0.39 is 0 Å². The predicted octanol–water partition coefficient (Wildman–Crippen LogP) is 1.86. The lowest BCUT2D eigenvalue weighted by Crippen LogP contribution is -2.28. The van der Waals surface area contributed by atoms with Crippen LogP contribution in [0.25, 0.3) is 0 Å². The lowest BCUT2D eigenvalue weighted by Gasteiger charge is -2.19. The lowest BCUT2D eigenvalue weighted by molar-refractivity contribution is -0.140. The van der Waals surface area contributed by atoms with Crippen LogP contribution in [0, 0.1) is 0 Å². The van der Waals surface area contributed by atoms with Gasteiger partial charge in [0.2, 0.25) is 0 Å². The van der Waals surface area contributed by atoms with E-state index in [9.17, 15) is 4.79 Å². The molecule has 2 rings (SSSR count). The molecule has 2 heterocycles. The molecule has 106 valence electrons. The van der Waals surface area contributed by atoms with Gasteiger partial charge in [0.15, 0.2) is 5.13 Å². The number of carbonyl (C=O) groups is 1. The molecule has 0 saturated carbocycles. The van der Waals surface area contributed by atoms with Crippen molar-refractivity contribution < 1.29 is 14.3 Å². The molecule has 0 radical (unpaired) electrons. The number of likely N-dealkylation sites (N-methyl/N-ethyl adjacent to an activating group) is 1. The molecule has 1 aliphatic rings. The number of thiazole rings is 1. The van der Waals surface area contributed by atoms with Crippen LogP contribution in [0.4, 0.5) is 5.13 Å². The van der Waals surface area contributed by atoms with Crippen molar-refractivity contribution in [2.45, 2.75) is 31.8 Å². The molecule has 1 aliphatic heterocycles. The summed E-state index contributed by atoms with van der Waals surface area (Å²) in [5.74, 6) is -0.192. The average molecular weight is 284 g/mol. The van der Waals surface area contributed by atoms with Gasteiger partial charge in [-0.25, -0.2) is 4.98 Å². The van der Waals surface area contributed by atoms with Gasteiger partial charge in [-0.15, -0.1) is 11.3 Å². The van der Waals surface area contributed by atoms with Crippen molar-refractivity contribution in [2.75, 3.05) is 32.2 Å². The van der Waals surface area contributed by atoms with Gasteiger partial charge >= 0.3 is 5.97 Å². The van der Waals surface area contributed by atoms with Crippen LogP contribution in [0.1, 0.15) is 25.0 Å². The molecule has 0 aromatic carbocycles. The van der Waals surface area contributed by atoms with Crippen molar-refractivity contribution in [2.24, 2.45) is 0 Å². The summed E-state index contributed by atoms with van der Waals surface area (Å²) in [7, 11) is 3.44. The van der Waals surface area contributed by atoms with Gasteiger partial charge in [0.1, 0.15) is 0 Å². The van der Waals surface area contributed by atoms with Gasteiger partial charge < -0.3 is 14.4 Å². The number of anilines is 1. The van der Waals surface area contributed by atoms with Gasteiger partial charge in [0.05, 0.1) is 25.3 Å². The van der Waals surface area contributed by atoms with Crippen molar-refractivity contribution in [1.29, 1.82) is 0 Å². The van der Waals surface area contributed by atoms with Crippen LogP contribution in [-0.2, 0) is 20.7 Å². The molecule has 19 heavy (non-hydrogen) atoms. The minimum Gasteiger partial charge on any atom is -0.469 e. The van der Waals surface area contributed by atoms with Gasteiger partial charge in [-0.2, -0.15) is 0 Å². The smallest absolute Gasteiger partial charge is 0.305 e. The highest BCUT2D eigenvalue weighted by atomic mass is 32.1. The van der Waals surface area contributed by atoms with Crippen molar-refractivity contribution in [3.05, 3.63) is 11.1 Å². The second-order valence-electron chi connectivity index (χ2n) is 4.71. The molecule has 5 nitrogen and oxygen atoms in total. The molecule has 0 aliphatic carbocycles. The molecule has 0 amide bonds. The minimum atomic E-state index is -0.192. The topological polar surface area (TPSA) is 51.7 Å². The molecule has 6 heteroatoms. The summed E-state index contributed by atoms with van der Waals surface area (Å²) >= 11 is 1.61. The standard InChI is InChI=1S/C13H20N2O3S/c1-15(8-11-4-3-7-18-11)13-14-10(9-19-13)5-6-12(16)17-2/h9,11H,3-8H2,1-2H3. The highest BCUT2D eigenvalue weighted by Gasteiger charge is 2.19. The molecule has 1 saturated heterocycles. The van der Waals surface area contributed by atoms with E-state index in [4.69, 9.17) is 4.74 Å². The maximum atomic E-state index is 11.1. The molecule has 1 atom stereocenters. The third kappa shape index (κ3) is 4.18. The molecule has 1 aromatic heterocycles. The van der Waals surface area contributed by atoms with Gasteiger partial charge in [-0.1, -0.05) is 0 Å². The lowest BCUT2D eigenvalue weighted by atomic mass is 10.2. The Morgan fingerprint density at radius 3 is 3.21 bits per heavy atom. The van der Waals surface area contributed by atoms with E-state index in [1.165, 1.54) is 7.11 Å². The van der Waals surface area contributed by atoms with E-state index in [1.54, 1.807) is 11.3 Å². The minimum absolute atomic E-state index is 0.192. The number of aromatic nitrogens is 1. The Labute approximate surface area is 117 Å². The molecule has 1 aromatic rings. The van der Waals surface area contributed by atoms with Crippen molar-refractivity contribution in [3.63, 3.8) is 0 Å². The fraction of sp³-hybridized carbons (Fsp3) is 0.692. The average Bonchev–Trinajstić information content (AvgIpc) is 3.06. The van der Waals surface area contributed by atoms with Crippen LogP contribution >= 0.6 is 11.3 Å². The van der Waals surface area contributed by atoms with Crippen LogP contribution in [0.2, 0.25) is 0 Å². The number of methoxy groups -OCH3 is 1. The molecule has 0 N–H and O–H groups in total. The number of hydrogen-bond donors (Lipinski definition) is 0. The first-order valence-electron chi connectivity index (χ1n) is 6.53. The van der Waals surface area contributed by atoms with E-state index in [2.05, 4.69) is 14.6 Å². The van der Waals surface area contributed by atoms with E-state index in [0.29, 0.717) is 18.9 Å².